The summed E-state index contributed by atoms with van der Waals surface area (Å²) < 4.78 is 5.02. The molecule has 16 heavy (non-hydrogen) atoms. The molecule has 1 aromatic carbocycles. The molecule has 0 saturated heterocycles. The monoisotopic (exact) mass is 224 g/mol. The first-order chi connectivity index (χ1) is 7.45. The molecule has 0 heterocycles. The summed E-state index contributed by atoms with van der Waals surface area (Å²) in [4.78, 5) is 10.4. The Bertz CT molecular complexity index is 360. The molecule has 0 radical (unpaired) electrons. The third kappa shape index (κ3) is 3.12. The number of nitrogens with one attached hydrogen (secondary N) is 1. The Hall–Kier alpha value is -1.78. The van der Waals surface area contributed by atoms with Gasteiger partial charge in [-0.1, -0.05) is 0 Å². The molecule has 1 aromatic rings. The molecule has 1 rings (SSSR count). The van der Waals surface area contributed by atoms with Crippen LogP contribution in [0.5, 0.6) is 5.75 Å². The molecular weight excluding hydrogens is 208 g/mol. The van der Waals surface area contributed by atoms with Gasteiger partial charge in [0.2, 0.25) is 5.54 Å². The van der Waals surface area contributed by atoms with Crippen LogP contribution in [0.25, 0.3) is 0 Å². The Balaban J connectivity index is 2.58. The Kier molecular flexibility index (Phi) is 3.71. The van der Waals surface area contributed by atoms with E-state index >= 15 is 0 Å². The predicted octanol–water partition coefficient (Wildman–Crippen LogP) is 2.16. The Morgan fingerprint density at radius 1 is 1.38 bits per heavy atom. The van der Waals surface area contributed by atoms with Gasteiger partial charge in [0.05, 0.1) is 13.7 Å². The summed E-state index contributed by atoms with van der Waals surface area (Å²) in [7, 11) is 1.60. The van der Waals surface area contributed by atoms with E-state index in [2.05, 4.69) is 5.32 Å². The molecule has 0 bridgehead atoms. The number of nitrogens with zero attached hydrogens (tertiary/aromatic N) is 1. The summed E-state index contributed by atoms with van der Waals surface area (Å²) in [5.41, 5.74) is -0.129. The zero-order chi connectivity index (χ0) is 12.2. The second-order valence-corrected chi connectivity index (χ2v) is 4.15. The number of hydrogen-bond donors (Lipinski definition) is 1. The number of hydrogen-bond acceptors (Lipinski definition) is 4. The number of nitro groups is 1. The van der Waals surface area contributed by atoms with Crippen molar-refractivity contribution in [1.82, 2.24) is 0 Å². The Morgan fingerprint density at radius 2 is 1.94 bits per heavy atom. The van der Waals surface area contributed by atoms with Crippen LogP contribution in [0.15, 0.2) is 24.3 Å². The SMILES string of the molecule is COc1ccc(NCC(C)(C)[N+](=O)[O-])cc1. The van der Waals surface area contributed by atoms with Gasteiger partial charge in [-0.3, -0.25) is 10.1 Å². The van der Waals surface area contributed by atoms with Gasteiger partial charge in [0, 0.05) is 24.5 Å². The molecule has 0 aromatic heterocycles. The number of benzene rings is 1. The highest BCUT2D eigenvalue weighted by Crippen LogP contribution is 2.16. The van der Waals surface area contributed by atoms with E-state index in [-0.39, 0.29) is 11.5 Å². The van der Waals surface area contributed by atoms with Gasteiger partial charge >= 0.3 is 0 Å². The highest BCUT2D eigenvalue weighted by atomic mass is 16.6. The van der Waals surface area contributed by atoms with Gasteiger partial charge in [-0.2, -0.15) is 0 Å². The van der Waals surface area contributed by atoms with Gasteiger partial charge < -0.3 is 10.1 Å². The van der Waals surface area contributed by atoms with Crippen molar-refractivity contribution >= 4 is 5.69 Å². The smallest absolute Gasteiger partial charge is 0.233 e. The average Bonchev–Trinajstić information content (AvgIpc) is 2.27. The molecule has 0 aliphatic heterocycles. The molecule has 0 atom stereocenters. The largest absolute Gasteiger partial charge is 0.497 e. The Labute approximate surface area is 94.6 Å². The van der Waals surface area contributed by atoms with Crippen LogP contribution in [0, 0.1) is 10.1 Å². The van der Waals surface area contributed by atoms with E-state index in [1.807, 2.05) is 24.3 Å². The van der Waals surface area contributed by atoms with Gasteiger partial charge in [-0.15, -0.1) is 0 Å². The van der Waals surface area contributed by atoms with Crippen molar-refractivity contribution in [3.8, 4) is 5.75 Å². The lowest BCUT2D eigenvalue weighted by Gasteiger charge is -2.16. The molecule has 0 amide bonds. The number of ether oxygens (including phenoxy) is 1. The maximum absolute atomic E-state index is 10.7. The molecule has 0 unspecified atom stereocenters. The second kappa shape index (κ2) is 4.83. The third-order valence-corrected chi connectivity index (χ3v) is 2.31. The maximum Gasteiger partial charge on any atom is 0.233 e. The van der Waals surface area contributed by atoms with Crippen molar-refractivity contribution < 1.29 is 9.66 Å². The van der Waals surface area contributed by atoms with E-state index in [1.54, 1.807) is 21.0 Å². The summed E-state index contributed by atoms with van der Waals surface area (Å²) in [6.45, 7) is 3.46. The van der Waals surface area contributed by atoms with Crippen molar-refractivity contribution in [3.05, 3.63) is 34.4 Å². The fourth-order valence-corrected chi connectivity index (χ4v) is 1.09. The number of rotatable bonds is 5. The van der Waals surface area contributed by atoms with Gasteiger partial charge in [0.25, 0.3) is 0 Å². The Morgan fingerprint density at radius 3 is 2.38 bits per heavy atom. The van der Waals surface area contributed by atoms with Gasteiger partial charge in [0.1, 0.15) is 5.75 Å². The van der Waals surface area contributed by atoms with Crippen LogP contribution < -0.4 is 10.1 Å². The molecule has 88 valence electrons. The summed E-state index contributed by atoms with van der Waals surface area (Å²) >= 11 is 0. The van der Waals surface area contributed by atoms with E-state index in [0.29, 0.717) is 0 Å². The topological polar surface area (TPSA) is 64.4 Å². The lowest BCUT2D eigenvalue weighted by Crippen LogP contribution is -2.38. The number of anilines is 1. The molecule has 0 aliphatic rings. The molecule has 5 heteroatoms. The quantitative estimate of drug-likeness (QED) is 0.615. The first-order valence-electron chi connectivity index (χ1n) is 4.98. The highest BCUT2D eigenvalue weighted by molar-refractivity contribution is 5.46. The van der Waals surface area contributed by atoms with Crippen molar-refractivity contribution in [2.75, 3.05) is 19.0 Å². The molecule has 5 nitrogen and oxygen atoms in total. The molecule has 0 aliphatic carbocycles. The van der Waals surface area contributed by atoms with Crippen molar-refractivity contribution in [3.63, 3.8) is 0 Å². The summed E-state index contributed by atoms with van der Waals surface area (Å²) in [6.07, 6.45) is 0. The fraction of sp³-hybridized carbons (Fsp3) is 0.455. The van der Waals surface area contributed by atoms with Crippen LogP contribution in [-0.4, -0.2) is 24.1 Å². The van der Waals surface area contributed by atoms with Crippen LogP contribution in [0.3, 0.4) is 0 Å². The van der Waals surface area contributed by atoms with E-state index in [0.717, 1.165) is 11.4 Å². The van der Waals surface area contributed by atoms with Gasteiger partial charge in [-0.05, 0) is 24.3 Å². The third-order valence-electron chi connectivity index (χ3n) is 2.31. The standard InChI is InChI=1S/C11H16N2O3/c1-11(2,13(14)15)8-12-9-4-6-10(16-3)7-5-9/h4-7,12H,8H2,1-3H3. The minimum atomic E-state index is -0.972. The lowest BCUT2D eigenvalue weighted by molar-refractivity contribution is -0.556. The first-order valence-corrected chi connectivity index (χ1v) is 4.98. The lowest BCUT2D eigenvalue weighted by atomic mass is 10.1. The molecular formula is C11H16N2O3. The van der Waals surface area contributed by atoms with Gasteiger partial charge in [0.15, 0.2) is 0 Å². The summed E-state index contributed by atoms with van der Waals surface area (Å²) in [5, 5.41) is 13.7. The summed E-state index contributed by atoms with van der Waals surface area (Å²) in [5.74, 6) is 0.763. The molecule has 1 N–H and O–H groups in total. The number of methoxy groups -OCH3 is 1. The summed E-state index contributed by atoms with van der Waals surface area (Å²) in [6, 6.07) is 7.27. The molecule has 0 fully saturated rings. The predicted molar refractivity (Wildman–Crippen MR) is 62.6 cm³/mol. The van der Waals surface area contributed by atoms with E-state index in [9.17, 15) is 10.1 Å². The van der Waals surface area contributed by atoms with Crippen LogP contribution in [0.2, 0.25) is 0 Å². The van der Waals surface area contributed by atoms with Crippen LogP contribution in [-0.2, 0) is 0 Å². The van der Waals surface area contributed by atoms with Crippen LogP contribution in [0.1, 0.15) is 13.8 Å². The first kappa shape index (κ1) is 12.3. The van der Waals surface area contributed by atoms with Crippen LogP contribution >= 0.6 is 0 Å². The van der Waals surface area contributed by atoms with Crippen molar-refractivity contribution in [2.45, 2.75) is 19.4 Å². The van der Waals surface area contributed by atoms with E-state index < -0.39 is 5.54 Å². The minimum Gasteiger partial charge on any atom is -0.497 e. The zero-order valence-electron chi connectivity index (χ0n) is 9.69. The molecule has 0 saturated carbocycles. The highest BCUT2D eigenvalue weighted by Gasteiger charge is 2.29. The average molecular weight is 224 g/mol. The second-order valence-electron chi connectivity index (χ2n) is 4.15. The maximum atomic E-state index is 10.7. The van der Waals surface area contributed by atoms with E-state index in [4.69, 9.17) is 4.74 Å². The minimum absolute atomic E-state index is 0.284. The van der Waals surface area contributed by atoms with Crippen molar-refractivity contribution in [1.29, 1.82) is 0 Å². The van der Waals surface area contributed by atoms with Crippen molar-refractivity contribution in [2.24, 2.45) is 0 Å². The van der Waals surface area contributed by atoms with Gasteiger partial charge in [-0.25, -0.2) is 0 Å². The van der Waals surface area contributed by atoms with E-state index in [1.165, 1.54) is 0 Å². The zero-order valence-corrected chi connectivity index (χ0v) is 9.69. The fourth-order valence-electron chi connectivity index (χ4n) is 1.09. The molecule has 0 spiro atoms. The van der Waals surface area contributed by atoms with Crippen LogP contribution in [0.4, 0.5) is 5.69 Å². The normalized spacial score (nSPS) is 10.9.